The molecule has 2 aromatic carbocycles. The van der Waals surface area contributed by atoms with E-state index in [4.69, 9.17) is 0 Å². The summed E-state index contributed by atoms with van der Waals surface area (Å²) in [6.45, 7) is 11.2. The summed E-state index contributed by atoms with van der Waals surface area (Å²) >= 11 is 0. The molecule has 1 unspecified atom stereocenters. The zero-order valence-corrected chi connectivity index (χ0v) is 13.9. The van der Waals surface area contributed by atoms with Crippen molar-refractivity contribution < 1.29 is 0 Å². The monoisotopic (exact) mass is 281 g/mol. The van der Waals surface area contributed by atoms with Gasteiger partial charge >= 0.3 is 0 Å². The van der Waals surface area contributed by atoms with Crippen LogP contribution in [0.3, 0.4) is 0 Å². The number of rotatable bonds is 4. The Morgan fingerprint density at radius 2 is 1.48 bits per heavy atom. The zero-order valence-electron chi connectivity index (χ0n) is 13.9. The Morgan fingerprint density at radius 3 is 2.00 bits per heavy atom. The third kappa shape index (κ3) is 4.93. The largest absolute Gasteiger partial charge is 0.378 e. The van der Waals surface area contributed by atoms with Crippen molar-refractivity contribution in [3.05, 3.63) is 65.2 Å². The van der Waals surface area contributed by atoms with Gasteiger partial charge in [0.25, 0.3) is 0 Å². The first-order valence-electron chi connectivity index (χ1n) is 7.73. The van der Waals surface area contributed by atoms with Crippen molar-refractivity contribution in [2.75, 3.05) is 5.32 Å². The molecule has 0 aliphatic heterocycles. The molecule has 0 radical (unpaired) electrons. The van der Waals surface area contributed by atoms with Crippen LogP contribution in [0.15, 0.2) is 48.5 Å². The molecule has 21 heavy (non-hydrogen) atoms. The van der Waals surface area contributed by atoms with Crippen LogP contribution >= 0.6 is 0 Å². The van der Waals surface area contributed by atoms with Gasteiger partial charge in [0, 0.05) is 5.69 Å². The Morgan fingerprint density at radius 1 is 0.905 bits per heavy atom. The van der Waals surface area contributed by atoms with Gasteiger partial charge in [-0.15, -0.1) is 0 Å². The fourth-order valence-corrected chi connectivity index (χ4v) is 2.81. The van der Waals surface area contributed by atoms with E-state index >= 15 is 0 Å². The van der Waals surface area contributed by atoms with Crippen molar-refractivity contribution in [1.29, 1.82) is 0 Å². The molecule has 0 aromatic heterocycles. The fourth-order valence-electron chi connectivity index (χ4n) is 2.81. The normalized spacial score (nSPS) is 13.0. The van der Waals surface area contributed by atoms with Gasteiger partial charge in [0.2, 0.25) is 0 Å². The second-order valence-electron chi connectivity index (χ2n) is 7.25. The quantitative estimate of drug-likeness (QED) is 0.736. The Balaban J connectivity index is 2.27. The number of nitrogens with one attached hydrogen (secondary N) is 1. The predicted octanol–water partition coefficient (Wildman–Crippen LogP) is 5.89. The minimum atomic E-state index is 0.284. The number of benzene rings is 2. The van der Waals surface area contributed by atoms with Gasteiger partial charge in [-0.05, 0) is 54.5 Å². The van der Waals surface area contributed by atoms with Gasteiger partial charge in [0.05, 0.1) is 6.04 Å². The molecule has 0 amide bonds. The highest BCUT2D eigenvalue weighted by molar-refractivity contribution is 5.50. The fraction of sp³-hybridized carbons (Fsp3) is 0.400. The first-order chi connectivity index (χ1) is 9.83. The zero-order chi connectivity index (χ0) is 15.5. The summed E-state index contributed by atoms with van der Waals surface area (Å²) < 4.78 is 0. The minimum absolute atomic E-state index is 0.284. The van der Waals surface area contributed by atoms with E-state index in [-0.39, 0.29) is 5.41 Å². The van der Waals surface area contributed by atoms with Gasteiger partial charge < -0.3 is 5.32 Å². The van der Waals surface area contributed by atoms with Gasteiger partial charge in [0.1, 0.15) is 0 Å². The van der Waals surface area contributed by atoms with Crippen molar-refractivity contribution >= 4 is 5.69 Å². The maximum Gasteiger partial charge on any atom is 0.0518 e. The number of anilines is 1. The van der Waals surface area contributed by atoms with Crippen LogP contribution in [0.25, 0.3) is 0 Å². The van der Waals surface area contributed by atoms with Gasteiger partial charge in [-0.25, -0.2) is 0 Å². The number of aryl methyl sites for hydroxylation is 2. The smallest absolute Gasteiger partial charge is 0.0518 e. The van der Waals surface area contributed by atoms with E-state index in [1.807, 2.05) is 0 Å². The molecule has 1 N–H and O–H groups in total. The molecular weight excluding hydrogens is 254 g/mol. The van der Waals surface area contributed by atoms with E-state index in [0.717, 1.165) is 6.42 Å². The third-order valence-electron chi connectivity index (χ3n) is 3.58. The van der Waals surface area contributed by atoms with E-state index in [1.54, 1.807) is 0 Å². The van der Waals surface area contributed by atoms with Gasteiger partial charge in [-0.2, -0.15) is 0 Å². The van der Waals surface area contributed by atoms with Gasteiger partial charge in [0.15, 0.2) is 0 Å². The Kier molecular flexibility index (Phi) is 4.72. The van der Waals surface area contributed by atoms with Gasteiger partial charge in [-0.3, -0.25) is 0 Å². The average Bonchev–Trinajstić information content (AvgIpc) is 2.36. The lowest BCUT2D eigenvalue weighted by Gasteiger charge is -2.28. The van der Waals surface area contributed by atoms with Crippen LogP contribution < -0.4 is 5.32 Å². The maximum absolute atomic E-state index is 3.73. The average molecular weight is 281 g/mol. The Bertz CT molecular complexity index is 558. The summed E-state index contributed by atoms with van der Waals surface area (Å²) in [6, 6.07) is 17.8. The summed E-state index contributed by atoms with van der Waals surface area (Å²) in [5.41, 5.74) is 5.46. The van der Waals surface area contributed by atoms with Crippen LogP contribution in [-0.4, -0.2) is 0 Å². The van der Waals surface area contributed by atoms with Crippen molar-refractivity contribution in [3.8, 4) is 0 Å². The standard InChI is InChI=1S/C20H27N/c1-15-11-16(2)13-18(12-15)21-19(14-20(3,4)5)17-9-7-6-8-10-17/h6-13,19,21H,14H2,1-5H3. The van der Waals surface area contributed by atoms with Gasteiger partial charge in [-0.1, -0.05) is 57.2 Å². The molecule has 1 heteroatoms. The second-order valence-corrected chi connectivity index (χ2v) is 7.25. The lowest BCUT2D eigenvalue weighted by atomic mass is 9.85. The highest BCUT2D eigenvalue weighted by atomic mass is 14.9. The first-order valence-corrected chi connectivity index (χ1v) is 7.73. The minimum Gasteiger partial charge on any atom is -0.378 e. The van der Waals surface area contributed by atoms with E-state index in [1.165, 1.54) is 22.4 Å². The van der Waals surface area contributed by atoms with Crippen LogP contribution in [0.4, 0.5) is 5.69 Å². The molecule has 0 heterocycles. The van der Waals surface area contributed by atoms with E-state index in [2.05, 4.69) is 88.5 Å². The molecular formula is C20H27N. The van der Waals surface area contributed by atoms with Crippen molar-refractivity contribution in [1.82, 2.24) is 0 Å². The molecule has 0 spiro atoms. The number of hydrogen-bond acceptors (Lipinski definition) is 1. The Labute approximate surface area is 129 Å². The van der Waals surface area contributed by atoms with Crippen LogP contribution in [-0.2, 0) is 0 Å². The summed E-state index contributed by atoms with van der Waals surface area (Å²) in [4.78, 5) is 0. The number of hydrogen-bond donors (Lipinski definition) is 1. The van der Waals surface area contributed by atoms with E-state index < -0.39 is 0 Å². The molecule has 0 fully saturated rings. The lowest BCUT2D eigenvalue weighted by Crippen LogP contribution is -2.18. The van der Waals surface area contributed by atoms with Crippen LogP contribution in [0.1, 0.15) is 49.9 Å². The van der Waals surface area contributed by atoms with Crippen LogP contribution in [0.2, 0.25) is 0 Å². The van der Waals surface area contributed by atoms with E-state index in [9.17, 15) is 0 Å². The van der Waals surface area contributed by atoms with Crippen LogP contribution in [0.5, 0.6) is 0 Å². The van der Waals surface area contributed by atoms with Crippen molar-refractivity contribution in [3.63, 3.8) is 0 Å². The predicted molar refractivity (Wildman–Crippen MR) is 92.8 cm³/mol. The topological polar surface area (TPSA) is 12.0 Å². The summed E-state index contributed by atoms with van der Waals surface area (Å²) in [5, 5.41) is 3.73. The molecule has 0 aliphatic carbocycles. The molecule has 0 saturated carbocycles. The molecule has 2 rings (SSSR count). The second kappa shape index (κ2) is 6.34. The molecule has 0 saturated heterocycles. The van der Waals surface area contributed by atoms with Crippen molar-refractivity contribution in [2.24, 2.45) is 5.41 Å². The summed E-state index contributed by atoms with van der Waals surface area (Å²) in [5.74, 6) is 0. The van der Waals surface area contributed by atoms with Crippen LogP contribution in [0, 0.1) is 19.3 Å². The molecule has 2 aromatic rings. The third-order valence-corrected chi connectivity index (χ3v) is 3.58. The summed E-state index contributed by atoms with van der Waals surface area (Å²) in [6.07, 6.45) is 1.10. The molecule has 112 valence electrons. The highest BCUT2D eigenvalue weighted by Gasteiger charge is 2.20. The summed E-state index contributed by atoms with van der Waals surface area (Å²) in [7, 11) is 0. The SMILES string of the molecule is Cc1cc(C)cc(NC(CC(C)(C)C)c2ccccc2)c1. The Hall–Kier alpha value is -1.76. The highest BCUT2D eigenvalue weighted by Crippen LogP contribution is 2.32. The molecule has 0 aliphatic rings. The molecule has 0 bridgehead atoms. The maximum atomic E-state index is 3.73. The first kappa shape index (κ1) is 15.6. The lowest BCUT2D eigenvalue weighted by molar-refractivity contribution is 0.352. The molecule has 1 nitrogen and oxygen atoms in total. The van der Waals surface area contributed by atoms with Crippen molar-refractivity contribution in [2.45, 2.75) is 47.1 Å². The van der Waals surface area contributed by atoms with E-state index in [0.29, 0.717) is 6.04 Å². The molecule has 1 atom stereocenters.